The number of fused-ring (bicyclic) bond motifs is 3. The molecular formula is C20H30IN3O2S. The third-order valence-corrected chi connectivity index (χ3v) is 8.86. The van der Waals surface area contributed by atoms with Gasteiger partial charge in [0, 0.05) is 26.2 Å². The zero-order valence-corrected chi connectivity index (χ0v) is 19.5. The first-order valence-electron chi connectivity index (χ1n) is 9.67. The maximum absolute atomic E-state index is 12.3. The van der Waals surface area contributed by atoms with E-state index in [-0.39, 0.29) is 29.7 Å². The highest BCUT2D eigenvalue weighted by atomic mass is 127. The van der Waals surface area contributed by atoms with Crippen molar-refractivity contribution in [2.75, 3.05) is 31.9 Å². The van der Waals surface area contributed by atoms with Crippen LogP contribution in [0.15, 0.2) is 29.3 Å². The molecule has 1 saturated carbocycles. The Kier molecular flexibility index (Phi) is 5.83. The van der Waals surface area contributed by atoms with Crippen molar-refractivity contribution in [3.63, 3.8) is 0 Å². The molecule has 5 nitrogen and oxygen atoms in total. The van der Waals surface area contributed by atoms with Crippen molar-refractivity contribution >= 4 is 39.8 Å². The number of benzene rings is 1. The topological polar surface area (TPSA) is 61.8 Å². The fraction of sp³-hybridized carbons (Fsp3) is 0.650. The van der Waals surface area contributed by atoms with Crippen molar-refractivity contribution < 1.29 is 8.42 Å². The smallest absolute Gasteiger partial charge is 0.194 e. The van der Waals surface area contributed by atoms with Crippen LogP contribution < -0.4 is 5.32 Å². The molecule has 0 amide bonds. The summed E-state index contributed by atoms with van der Waals surface area (Å²) in [7, 11) is -3.03. The molecule has 7 heteroatoms. The van der Waals surface area contributed by atoms with Gasteiger partial charge in [-0.25, -0.2) is 8.42 Å². The third-order valence-electron chi connectivity index (χ3n) is 6.33. The molecule has 1 saturated heterocycles. The van der Waals surface area contributed by atoms with E-state index < -0.39 is 14.6 Å². The predicted octanol–water partition coefficient (Wildman–Crippen LogP) is 2.66. The van der Waals surface area contributed by atoms with Crippen molar-refractivity contribution in [1.82, 2.24) is 10.2 Å². The summed E-state index contributed by atoms with van der Waals surface area (Å²) < 4.78 is 23.8. The van der Waals surface area contributed by atoms with Crippen molar-refractivity contribution in [1.29, 1.82) is 0 Å². The number of nitrogens with one attached hydrogen (secondary N) is 1. The summed E-state index contributed by atoms with van der Waals surface area (Å²) in [5.74, 6) is 3.13. The van der Waals surface area contributed by atoms with Crippen LogP contribution in [0.3, 0.4) is 0 Å². The zero-order chi connectivity index (χ0) is 18.5. The number of aliphatic imine (C=N–C) groups is 1. The standard InChI is InChI=1S/C20H29N3O2S.HI/c1-4-21-19(23-9-10-26(24,25)20(2,3)13-23)22-12-17-16-11-14-7-5-6-8-15(14)18(16)17;/h5-8,16-18H,4,9-13H2,1-3H3,(H,21,22);1H. The quantitative estimate of drug-likeness (QED) is 0.392. The average Bonchev–Trinajstić information content (AvgIpc) is 3.12. The van der Waals surface area contributed by atoms with Crippen LogP contribution in [0.25, 0.3) is 0 Å². The molecule has 0 radical (unpaired) electrons. The molecule has 27 heavy (non-hydrogen) atoms. The molecule has 1 aliphatic heterocycles. The van der Waals surface area contributed by atoms with E-state index in [1.54, 1.807) is 0 Å². The lowest BCUT2D eigenvalue weighted by atomic mass is 10.0. The first-order chi connectivity index (χ1) is 12.3. The van der Waals surface area contributed by atoms with Gasteiger partial charge in [-0.15, -0.1) is 24.0 Å². The summed E-state index contributed by atoms with van der Waals surface area (Å²) in [5.41, 5.74) is 3.03. The summed E-state index contributed by atoms with van der Waals surface area (Å²) in [6.45, 7) is 8.35. The van der Waals surface area contributed by atoms with Crippen LogP contribution in [0.1, 0.15) is 37.8 Å². The Hall–Kier alpha value is -0.830. The molecule has 0 bridgehead atoms. The molecule has 1 heterocycles. The van der Waals surface area contributed by atoms with E-state index >= 15 is 0 Å². The van der Waals surface area contributed by atoms with Crippen LogP contribution in [0, 0.1) is 11.8 Å². The van der Waals surface area contributed by atoms with Crippen LogP contribution in [-0.2, 0) is 16.3 Å². The summed E-state index contributed by atoms with van der Waals surface area (Å²) in [6, 6.07) is 8.79. The van der Waals surface area contributed by atoms with Gasteiger partial charge in [0.1, 0.15) is 0 Å². The second-order valence-corrected chi connectivity index (χ2v) is 11.2. The largest absolute Gasteiger partial charge is 0.357 e. The average molecular weight is 503 g/mol. The fourth-order valence-electron chi connectivity index (χ4n) is 4.67. The van der Waals surface area contributed by atoms with E-state index in [4.69, 9.17) is 4.99 Å². The molecule has 1 aromatic rings. The van der Waals surface area contributed by atoms with Gasteiger partial charge in [-0.2, -0.15) is 0 Å². The van der Waals surface area contributed by atoms with Crippen molar-refractivity contribution in [2.45, 2.75) is 37.9 Å². The lowest BCUT2D eigenvalue weighted by Gasteiger charge is -2.39. The number of nitrogens with zero attached hydrogens (tertiary/aromatic N) is 2. The van der Waals surface area contributed by atoms with Crippen LogP contribution in [-0.4, -0.2) is 56.0 Å². The van der Waals surface area contributed by atoms with Gasteiger partial charge in [0.15, 0.2) is 15.8 Å². The Balaban J connectivity index is 0.00000210. The summed E-state index contributed by atoms with van der Waals surface area (Å²) in [5, 5.41) is 3.37. The number of halogens is 1. The molecule has 1 aromatic carbocycles. The molecule has 0 aromatic heterocycles. The van der Waals surface area contributed by atoms with Gasteiger partial charge in [-0.05, 0) is 56.1 Å². The van der Waals surface area contributed by atoms with Gasteiger partial charge in [0.05, 0.1) is 10.5 Å². The first kappa shape index (κ1) is 20.9. The zero-order valence-electron chi connectivity index (χ0n) is 16.3. The minimum absolute atomic E-state index is 0. The summed E-state index contributed by atoms with van der Waals surface area (Å²) in [6.07, 6.45) is 1.19. The molecule has 2 aliphatic carbocycles. The Morgan fingerprint density at radius 1 is 1.33 bits per heavy atom. The van der Waals surface area contributed by atoms with Crippen molar-refractivity contribution in [3.05, 3.63) is 35.4 Å². The third kappa shape index (κ3) is 3.73. The number of hydrogen-bond donors (Lipinski definition) is 1. The Labute approximate surface area is 179 Å². The highest BCUT2D eigenvalue weighted by molar-refractivity contribution is 14.0. The van der Waals surface area contributed by atoms with Crippen LogP contribution in [0.4, 0.5) is 0 Å². The minimum Gasteiger partial charge on any atom is -0.357 e. The molecule has 2 fully saturated rings. The first-order valence-corrected chi connectivity index (χ1v) is 11.3. The molecule has 3 atom stereocenters. The second kappa shape index (κ2) is 7.54. The monoisotopic (exact) mass is 503 g/mol. The Morgan fingerprint density at radius 2 is 2.07 bits per heavy atom. The molecule has 4 rings (SSSR count). The molecule has 150 valence electrons. The van der Waals surface area contributed by atoms with Gasteiger partial charge < -0.3 is 10.2 Å². The highest BCUT2D eigenvalue weighted by Gasteiger charge is 2.55. The van der Waals surface area contributed by atoms with Crippen LogP contribution in [0.5, 0.6) is 0 Å². The lowest BCUT2D eigenvalue weighted by Crippen LogP contribution is -2.57. The number of sulfone groups is 1. The maximum atomic E-state index is 12.3. The maximum Gasteiger partial charge on any atom is 0.194 e. The minimum atomic E-state index is -3.03. The van der Waals surface area contributed by atoms with Gasteiger partial charge >= 0.3 is 0 Å². The Bertz CT molecular complexity index is 837. The van der Waals surface area contributed by atoms with E-state index in [1.165, 1.54) is 17.5 Å². The number of guanidine groups is 1. The van der Waals surface area contributed by atoms with Gasteiger partial charge in [0.25, 0.3) is 0 Å². The second-order valence-electron chi connectivity index (χ2n) is 8.45. The van der Waals surface area contributed by atoms with E-state index in [2.05, 4.69) is 41.4 Å². The van der Waals surface area contributed by atoms with Gasteiger partial charge in [0.2, 0.25) is 0 Å². The predicted molar refractivity (Wildman–Crippen MR) is 121 cm³/mol. The molecule has 3 aliphatic rings. The number of hydrogen-bond acceptors (Lipinski definition) is 3. The summed E-state index contributed by atoms with van der Waals surface area (Å²) in [4.78, 5) is 7.03. The normalized spacial score (nSPS) is 30.1. The van der Waals surface area contributed by atoms with E-state index in [0.717, 1.165) is 25.0 Å². The van der Waals surface area contributed by atoms with E-state index in [0.29, 0.717) is 24.9 Å². The highest BCUT2D eigenvalue weighted by Crippen LogP contribution is 2.61. The van der Waals surface area contributed by atoms with Gasteiger partial charge in [-0.3, -0.25) is 4.99 Å². The van der Waals surface area contributed by atoms with Crippen molar-refractivity contribution in [2.24, 2.45) is 16.8 Å². The van der Waals surface area contributed by atoms with E-state index in [1.807, 2.05) is 13.8 Å². The molecule has 0 spiro atoms. The summed E-state index contributed by atoms with van der Waals surface area (Å²) >= 11 is 0. The fourth-order valence-corrected chi connectivity index (χ4v) is 6.04. The van der Waals surface area contributed by atoms with Crippen LogP contribution in [0.2, 0.25) is 0 Å². The van der Waals surface area contributed by atoms with Gasteiger partial charge in [-0.1, -0.05) is 24.3 Å². The van der Waals surface area contributed by atoms with E-state index in [9.17, 15) is 8.42 Å². The number of rotatable bonds is 3. The van der Waals surface area contributed by atoms with Crippen molar-refractivity contribution in [3.8, 4) is 0 Å². The molecule has 1 N–H and O–H groups in total. The Morgan fingerprint density at radius 3 is 2.78 bits per heavy atom. The molecular weight excluding hydrogens is 473 g/mol. The molecule has 3 unspecified atom stereocenters. The SMILES string of the molecule is CCNC(=NCC1C2Cc3ccccc3C12)N1CCS(=O)(=O)C(C)(C)C1.I. The lowest BCUT2D eigenvalue weighted by molar-refractivity contribution is 0.353. The van der Waals surface area contributed by atoms with Crippen LogP contribution >= 0.6 is 24.0 Å².